The van der Waals surface area contributed by atoms with Crippen LogP contribution in [0, 0.1) is 29.8 Å². The van der Waals surface area contributed by atoms with E-state index in [1.54, 1.807) is 0 Å². The van der Waals surface area contributed by atoms with Crippen LogP contribution in [-0.2, 0) is 4.74 Å². The van der Waals surface area contributed by atoms with E-state index in [4.69, 9.17) is 6.42 Å². The minimum Gasteiger partial charge on any atom is -0.449 e. The first-order valence-corrected chi connectivity index (χ1v) is 3.81. The number of terminal acetylenes is 1. The summed E-state index contributed by atoms with van der Waals surface area (Å²) in [5, 5.41) is 0. The highest BCUT2D eigenvalue weighted by molar-refractivity contribution is 5.89. The first kappa shape index (κ1) is 11.1. The van der Waals surface area contributed by atoms with Gasteiger partial charge in [-0.1, -0.05) is 5.92 Å². The molecule has 0 saturated carbocycles. The first-order valence-electron chi connectivity index (χ1n) is 3.81. The van der Waals surface area contributed by atoms with Gasteiger partial charge in [0.25, 0.3) is 0 Å². The maximum absolute atomic E-state index is 12.7. The average Bonchev–Trinajstić information content (AvgIpc) is 2.21. The summed E-state index contributed by atoms with van der Waals surface area (Å²) in [5.74, 6) is -3.55. The maximum Gasteiger partial charge on any atom is 0.339 e. The van der Waals surface area contributed by atoms with Crippen molar-refractivity contribution in [2.24, 2.45) is 0 Å². The number of carbonyl (C=O) groups is 1. The van der Waals surface area contributed by atoms with Crippen molar-refractivity contribution in [3.05, 3.63) is 35.1 Å². The molecule has 2 nitrogen and oxygen atoms in total. The van der Waals surface area contributed by atoms with Crippen molar-refractivity contribution in [2.45, 2.75) is 0 Å². The molecule has 0 atom stereocenters. The summed E-state index contributed by atoms with van der Waals surface area (Å²) >= 11 is 0. The second kappa shape index (κ2) is 4.51. The van der Waals surface area contributed by atoms with Gasteiger partial charge in [0.2, 0.25) is 0 Å². The van der Waals surface area contributed by atoms with Gasteiger partial charge in [-0.3, -0.25) is 0 Å². The molecule has 1 aromatic carbocycles. The maximum atomic E-state index is 12.7. The minimum absolute atomic E-state index is 0.320. The topological polar surface area (TPSA) is 26.3 Å². The van der Waals surface area contributed by atoms with Gasteiger partial charge in [-0.2, -0.15) is 0 Å². The predicted octanol–water partition coefficient (Wildman–Crippen LogP) is 1.89. The number of ether oxygens (including phenoxy) is 1. The van der Waals surface area contributed by atoms with E-state index >= 15 is 0 Å². The number of halogens is 3. The average molecular weight is 214 g/mol. The summed E-state index contributed by atoms with van der Waals surface area (Å²) < 4.78 is 42.2. The van der Waals surface area contributed by atoms with E-state index in [0.717, 1.165) is 0 Å². The van der Waals surface area contributed by atoms with E-state index < -0.39 is 29.0 Å². The molecule has 0 aliphatic heterocycles. The summed E-state index contributed by atoms with van der Waals surface area (Å²) in [7, 11) is 0. The Morgan fingerprint density at radius 2 is 1.87 bits per heavy atom. The Balaban J connectivity index is 2.97. The zero-order chi connectivity index (χ0) is 11.4. The van der Waals surface area contributed by atoms with Crippen molar-refractivity contribution in [1.29, 1.82) is 0 Å². The Hall–Kier alpha value is -1.96. The Kier molecular flexibility index (Phi) is 3.34. The number of benzene rings is 1. The van der Waals surface area contributed by atoms with Crippen LogP contribution in [0.1, 0.15) is 10.4 Å². The lowest BCUT2D eigenvalue weighted by Gasteiger charge is -2.02. The van der Waals surface area contributed by atoms with Gasteiger partial charge >= 0.3 is 5.97 Å². The van der Waals surface area contributed by atoms with E-state index in [9.17, 15) is 18.0 Å². The van der Waals surface area contributed by atoms with Crippen molar-refractivity contribution in [3.8, 4) is 12.3 Å². The van der Waals surface area contributed by atoms with E-state index in [-0.39, 0.29) is 6.61 Å². The molecule has 0 N–H and O–H groups in total. The van der Waals surface area contributed by atoms with Gasteiger partial charge in [-0.25, -0.2) is 18.0 Å². The van der Waals surface area contributed by atoms with Crippen LogP contribution in [0.4, 0.5) is 13.2 Å². The highest BCUT2D eigenvalue weighted by Crippen LogP contribution is 2.14. The summed E-state index contributed by atoms with van der Waals surface area (Å²) in [6.07, 6.45) is 4.80. The lowest BCUT2D eigenvalue weighted by Crippen LogP contribution is -2.07. The number of rotatable bonds is 2. The van der Waals surface area contributed by atoms with Gasteiger partial charge in [0.15, 0.2) is 24.1 Å². The van der Waals surface area contributed by atoms with Crippen LogP contribution in [0.5, 0.6) is 0 Å². The van der Waals surface area contributed by atoms with Gasteiger partial charge in [0, 0.05) is 0 Å². The number of carbonyl (C=O) groups excluding carboxylic acids is 1. The zero-order valence-corrected chi connectivity index (χ0v) is 7.39. The summed E-state index contributed by atoms with van der Waals surface area (Å²) in [6, 6.07) is 1.08. The van der Waals surface area contributed by atoms with Gasteiger partial charge < -0.3 is 4.74 Å². The Morgan fingerprint density at radius 3 is 2.33 bits per heavy atom. The molecule has 0 aromatic heterocycles. The molecule has 0 aliphatic carbocycles. The molecule has 0 saturated heterocycles. The van der Waals surface area contributed by atoms with E-state index in [2.05, 4.69) is 4.74 Å². The van der Waals surface area contributed by atoms with Gasteiger partial charge in [-0.05, 0) is 12.1 Å². The van der Waals surface area contributed by atoms with Crippen LogP contribution in [0.25, 0.3) is 0 Å². The molecule has 1 aromatic rings. The molecule has 0 fully saturated rings. The van der Waals surface area contributed by atoms with Crippen LogP contribution in [-0.4, -0.2) is 12.6 Å². The molecule has 1 rings (SSSR count). The number of hydrogen-bond donors (Lipinski definition) is 0. The van der Waals surface area contributed by atoms with Gasteiger partial charge in [0.1, 0.15) is 0 Å². The summed E-state index contributed by atoms with van der Waals surface area (Å²) in [6.45, 7) is -0.320. The van der Waals surface area contributed by atoms with E-state index in [0.29, 0.717) is 12.1 Å². The van der Waals surface area contributed by atoms with Crippen LogP contribution in [0.15, 0.2) is 12.1 Å². The fraction of sp³-hybridized carbons (Fsp3) is 0.100. The van der Waals surface area contributed by atoms with Gasteiger partial charge in [-0.15, -0.1) is 6.42 Å². The van der Waals surface area contributed by atoms with E-state index in [1.807, 2.05) is 5.92 Å². The molecule has 0 unspecified atom stereocenters. The third kappa shape index (κ3) is 2.50. The van der Waals surface area contributed by atoms with Crippen LogP contribution >= 0.6 is 0 Å². The Labute approximate surface area is 83.7 Å². The lowest BCUT2D eigenvalue weighted by atomic mass is 10.2. The molecular formula is C10H5F3O2. The fourth-order valence-electron chi connectivity index (χ4n) is 0.864. The van der Waals surface area contributed by atoms with E-state index in [1.165, 1.54) is 0 Å². The highest BCUT2D eigenvalue weighted by Gasteiger charge is 2.15. The molecular weight excluding hydrogens is 209 g/mol. The van der Waals surface area contributed by atoms with Crippen molar-refractivity contribution in [1.82, 2.24) is 0 Å². The molecule has 0 bridgehead atoms. The van der Waals surface area contributed by atoms with Crippen molar-refractivity contribution in [3.63, 3.8) is 0 Å². The Morgan fingerprint density at radius 1 is 1.33 bits per heavy atom. The van der Waals surface area contributed by atoms with Crippen molar-refractivity contribution >= 4 is 5.97 Å². The Bertz CT molecular complexity index is 412. The number of esters is 1. The molecule has 0 amide bonds. The predicted molar refractivity (Wildman–Crippen MR) is 45.4 cm³/mol. The SMILES string of the molecule is C#CCOC(=O)c1cc(F)c(F)c(F)c1. The van der Waals surface area contributed by atoms with Crippen LogP contribution < -0.4 is 0 Å². The standard InChI is InChI=1S/C10H5F3O2/c1-2-3-15-10(14)6-4-7(11)9(13)8(12)5-6/h1,4-5H,3H2. The molecule has 5 heteroatoms. The molecule has 0 heterocycles. The quantitative estimate of drug-likeness (QED) is 0.427. The smallest absolute Gasteiger partial charge is 0.339 e. The summed E-state index contributed by atoms with van der Waals surface area (Å²) in [4.78, 5) is 11.0. The largest absolute Gasteiger partial charge is 0.449 e. The molecule has 0 radical (unpaired) electrons. The zero-order valence-electron chi connectivity index (χ0n) is 7.39. The van der Waals surface area contributed by atoms with Crippen LogP contribution in [0.2, 0.25) is 0 Å². The second-order valence-corrected chi connectivity index (χ2v) is 2.53. The van der Waals surface area contributed by atoms with Gasteiger partial charge in [0.05, 0.1) is 5.56 Å². The molecule has 15 heavy (non-hydrogen) atoms. The summed E-state index contributed by atoms with van der Waals surface area (Å²) in [5.41, 5.74) is -0.429. The van der Waals surface area contributed by atoms with Crippen molar-refractivity contribution in [2.75, 3.05) is 6.61 Å². The molecule has 0 spiro atoms. The monoisotopic (exact) mass is 214 g/mol. The first-order chi connectivity index (χ1) is 7.06. The second-order valence-electron chi connectivity index (χ2n) is 2.53. The number of hydrogen-bond acceptors (Lipinski definition) is 2. The normalized spacial score (nSPS) is 9.47. The van der Waals surface area contributed by atoms with Crippen molar-refractivity contribution < 1.29 is 22.7 Å². The third-order valence-electron chi connectivity index (χ3n) is 1.51. The van der Waals surface area contributed by atoms with Crippen LogP contribution in [0.3, 0.4) is 0 Å². The molecule has 78 valence electrons. The fourth-order valence-corrected chi connectivity index (χ4v) is 0.864. The minimum atomic E-state index is -1.64. The third-order valence-corrected chi connectivity index (χ3v) is 1.51. The molecule has 0 aliphatic rings. The highest BCUT2D eigenvalue weighted by atomic mass is 19.2. The lowest BCUT2D eigenvalue weighted by molar-refractivity contribution is 0.0555.